The molecule has 1 aromatic carbocycles. The summed E-state index contributed by atoms with van der Waals surface area (Å²) in [6, 6.07) is 11.2. The maximum atomic E-state index is 12.4. The van der Waals surface area contributed by atoms with Gasteiger partial charge in [0.2, 0.25) is 5.95 Å². The standard InChI is InChI=1S/C20H27N5O2/c1-27-18-15-25(13-6-12-23-20-21-10-5-11-22-20)14-9-17(18)24-19(26)16-7-3-2-4-8-16/h2-5,7-8,10-11,17-18H,6,9,12-15H2,1H3,(H,24,26)(H,21,22,23). The minimum Gasteiger partial charge on any atom is -0.378 e. The molecular formula is C20H27N5O2. The van der Waals surface area contributed by atoms with Gasteiger partial charge >= 0.3 is 0 Å². The molecule has 0 radical (unpaired) electrons. The van der Waals surface area contributed by atoms with Crippen molar-refractivity contribution in [1.29, 1.82) is 0 Å². The van der Waals surface area contributed by atoms with Crippen molar-refractivity contribution in [2.45, 2.75) is 25.0 Å². The lowest BCUT2D eigenvalue weighted by Gasteiger charge is -2.38. The lowest BCUT2D eigenvalue weighted by molar-refractivity contribution is 0.00641. The average molecular weight is 369 g/mol. The van der Waals surface area contributed by atoms with Gasteiger partial charge in [-0.1, -0.05) is 18.2 Å². The van der Waals surface area contributed by atoms with Crippen LogP contribution in [0.3, 0.4) is 0 Å². The molecule has 7 heteroatoms. The molecule has 3 rings (SSSR count). The molecule has 2 unspecified atom stereocenters. The third-order valence-electron chi connectivity index (χ3n) is 4.80. The van der Waals surface area contributed by atoms with Gasteiger partial charge in [0.1, 0.15) is 0 Å². The van der Waals surface area contributed by atoms with Crippen LogP contribution in [0.1, 0.15) is 23.2 Å². The molecule has 1 aliphatic heterocycles. The number of anilines is 1. The Morgan fingerprint density at radius 3 is 2.74 bits per heavy atom. The number of methoxy groups -OCH3 is 1. The highest BCUT2D eigenvalue weighted by Gasteiger charge is 2.30. The molecule has 0 aliphatic carbocycles. The molecule has 1 aliphatic rings. The van der Waals surface area contributed by atoms with E-state index in [4.69, 9.17) is 4.74 Å². The monoisotopic (exact) mass is 369 g/mol. The molecule has 1 saturated heterocycles. The Hall–Kier alpha value is -2.51. The number of carbonyl (C=O) groups is 1. The first-order valence-corrected chi connectivity index (χ1v) is 9.38. The van der Waals surface area contributed by atoms with Crippen LogP contribution in [0.25, 0.3) is 0 Å². The zero-order valence-corrected chi connectivity index (χ0v) is 15.7. The van der Waals surface area contributed by atoms with E-state index in [-0.39, 0.29) is 18.1 Å². The minimum absolute atomic E-state index is 0.00294. The number of carbonyl (C=O) groups excluding carboxylic acids is 1. The van der Waals surface area contributed by atoms with Crippen LogP contribution in [0, 0.1) is 0 Å². The molecule has 0 spiro atoms. The summed E-state index contributed by atoms with van der Waals surface area (Å²) in [4.78, 5) is 23.1. The van der Waals surface area contributed by atoms with Crippen molar-refractivity contribution in [3.05, 3.63) is 54.4 Å². The van der Waals surface area contributed by atoms with Crippen molar-refractivity contribution in [3.8, 4) is 0 Å². The number of nitrogens with zero attached hydrogens (tertiary/aromatic N) is 3. The van der Waals surface area contributed by atoms with E-state index >= 15 is 0 Å². The quantitative estimate of drug-likeness (QED) is 0.691. The molecule has 144 valence electrons. The van der Waals surface area contributed by atoms with Crippen molar-refractivity contribution >= 4 is 11.9 Å². The summed E-state index contributed by atoms with van der Waals surface area (Å²) in [6.45, 7) is 3.56. The van der Waals surface area contributed by atoms with Crippen LogP contribution in [0.4, 0.5) is 5.95 Å². The molecule has 1 aromatic heterocycles. The predicted molar refractivity (Wildman–Crippen MR) is 105 cm³/mol. The van der Waals surface area contributed by atoms with Gasteiger partial charge < -0.3 is 20.3 Å². The van der Waals surface area contributed by atoms with Gasteiger partial charge in [0, 0.05) is 44.7 Å². The van der Waals surface area contributed by atoms with E-state index in [2.05, 4.69) is 25.5 Å². The van der Waals surface area contributed by atoms with Crippen molar-refractivity contribution < 1.29 is 9.53 Å². The van der Waals surface area contributed by atoms with E-state index in [1.165, 1.54) is 0 Å². The number of piperidine rings is 1. The Labute approximate surface area is 160 Å². The Morgan fingerprint density at radius 1 is 1.22 bits per heavy atom. The van der Waals surface area contributed by atoms with Crippen LogP contribution in [-0.2, 0) is 4.74 Å². The van der Waals surface area contributed by atoms with Gasteiger partial charge in [-0.3, -0.25) is 4.79 Å². The van der Waals surface area contributed by atoms with Gasteiger partial charge in [0.15, 0.2) is 0 Å². The lowest BCUT2D eigenvalue weighted by Crippen LogP contribution is -2.55. The van der Waals surface area contributed by atoms with Crippen molar-refractivity contribution in [2.75, 3.05) is 38.6 Å². The molecule has 27 heavy (non-hydrogen) atoms. The van der Waals surface area contributed by atoms with Crippen molar-refractivity contribution in [1.82, 2.24) is 20.2 Å². The second-order valence-corrected chi connectivity index (χ2v) is 6.66. The lowest BCUT2D eigenvalue weighted by atomic mass is 10.0. The summed E-state index contributed by atoms with van der Waals surface area (Å²) in [5.74, 6) is 0.623. The van der Waals surface area contributed by atoms with Gasteiger partial charge in [-0.05, 0) is 37.6 Å². The Bertz CT molecular complexity index is 698. The topological polar surface area (TPSA) is 79.4 Å². The number of likely N-dealkylation sites (tertiary alicyclic amines) is 1. The number of nitrogens with one attached hydrogen (secondary N) is 2. The molecule has 7 nitrogen and oxygen atoms in total. The second kappa shape index (κ2) is 9.99. The van der Waals surface area contributed by atoms with Crippen molar-refractivity contribution in [3.63, 3.8) is 0 Å². The summed E-state index contributed by atoms with van der Waals surface area (Å²) >= 11 is 0. The zero-order valence-electron chi connectivity index (χ0n) is 15.7. The Kier molecular flexibility index (Phi) is 7.12. The summed E-state index contributed by atoms with van der Waals surface area (Å²) < 4.78 is 5.65. The van der Waals surface area contributed by atoms with Crippen LogP contribution in [-0.4, -0.2) is 66.2 Å². The van der Waals surface area contributed by atoms with Crippen LogP contribution >= 0.6 is 0 Å². The van der Waals surface area contributed by atoms with Crippen LogP contribution in [0.15, 0.2) is 48.8 Å². The predicted octanol–water partition coefficient (Wildman–Crippen LogP) is 1.80. The minimum atomic E-state index is -0.0387. The van der Waals surface area contributed by atoms with E-state index in [1.807, 2.05) is 30.3 Å². The highest BCUT2D eigenvalue weighted by molar-refractivity contribution is 5.94. The Balaban J connectivity index is 1.41. The zero-order chi connectivity index (χ0) is 18.9. The van der Waals surface area contributed by atoms with Crippen LogP contribution in [0.2, 0.25) is 0 Å². The largest absolute Gasteiger partial charge is 0.378 e. The third-order valence-corrected chi connectivity index (χ3v) is 4.80. The number of ether oxygens (including phenoxy) is 1. The van der Waals surface area contributed by atoms with Gasteiger partial charge in [-0.15, -0.1) is 0 Å². The fraction of sp³-hybridized carbons (Fsp3) is 0.450. The maximum absolute atomic E-state index is 12.4. The fourth-order valence-electron chi connectivity index (χ4n) is 3.32. The molecule has 0 bridgehead atoms. The van der Waals surface area contributed by atoms with Crippen molar-refractivity contribution in [2.24, 2.45) is 0 Å². The summed E-state index contributed by atoms with van der Waals surface area (Å²) in [6.07, 6.45) is 5.33. The first-order chi connectivity index (χ1) is 13.3. The van der Waals surface area contributed by atoms with E-state index in [9.17, 15) is 4.79 Å². The molecular weight excluding hydrogens is 342 g/mol. The molecule has 2 N–H and O–H groups in total. The molecule has 1 fully saturated rings. The van der Waals surface area contributed by atoms with Crippen LogP contribution in [0.5, 0.6) is 0 Å². The highest BCUT2D eigenvalue weighted by Crippen LogP contribution is 2.15. The summed E-state index contributed by atoms with van der Waals surface area (Å²) in [7, 11) is 1.71. The fourth-order valence-corrected chi connectivity index (χ4v) is 3.32. The van der Waals surface area contributed by atoms with E-state index in [0.717, 1.165) is 39.0 Å². The van der Waals surface area contributed by atoms with Crippen LogP contribution < -0.4 is 10.6 Å². The first kappa shape index (κ1) is 19.3. The number of rotatable bonds is 8. The maximum Gasteiger partial charge on any atom is 0.251 e. The number of aromatic nitrogens is 2. The average Bonchev–Trinajstić information content (AvgIpc) is 2.73. The second-order valence-electron chi connectivity index (χ2n) is 6.66. The summed E-state index contributed by atoms with van der Waals surface area (Å²) in [5, 5.41) is 6.35. The summed E-state index contributed by atoms with van der Waals surface area (Å²) in [5.41, 5.74) is 0.684. The van der Waals surface area contributed by atoms with E-state index in [1.54, 1.807) is 25.6 Å². The number of hydrogen-bond donors (Lipinski definition) is 2. The molecule has 2 heterocycles. The molecule has 1 amide bonds. The normalized spacial score (nSPS) is 20.2. The molecule has 0 saturated carbocycles. The first-order valence-electron chi connectivity index (χ1n) is 9.38. The SMILES string of the molecule is COC1CN(CCCNc2ncccn2)CCC1NC(=O)c1ccccc1. The van der Waals surface area contributed by atoms with Gasteiger partial charge in [0.05, 0.1) is 12.1 Å². The molecule has 2 aromatic rings. The number of amides is 1. The number of benzene rings is 1. The van der Waals surface area contributed by atoms with Gasteiger partial charge in [0.25, 0.3) is 5.91 Å². The molecule has 2 atom stereocenters. The van der Waals surface area contributed by atoms with E-state index in [0.29, 0.717) is 11.5 Å². The highest BCUT2D eigenvalue weighted by atomic mass is 16.5. The smallest absolute Gasteiger partial charge is 0.251 e. The van der Waals surface area contributed by atoms with E-state index < -0.39 is 0 Å². The number of hydrogen-bond acceptors (Lipinski definition) is 6. The van der Waals surface area contributed by atoms with Gasteiger partial charge in [-0.2, -0.15) is 0 Å². The Morgan fingerprint density at radius 2 is 2.00 bits per heavy atom. The third kappa shape index (κ3) is 5.74. The van der Waals surface area contributed by atoms with Gasteiger partial charge in [-0.25, -0.2) is 9.97 Å².